The Bertz CT molecular complexity index is 408. The van der Waals surface area contributed by atoms with Crippen molar-refractivity contribution in [2.45, 2.75) is 6.36 Å². The molecule has 0 unspecified atom stereocenters. The molecule has 1 aromatic rings. The van der Waals surface area contributed by atoms with E-state index in [1.807, 2.05) is 0 Å². The lowest BCUT2D eigenvalue weighted by atomic mass is 10.2. The van der Waals surface area contributed by atoms with E-state index in [0.29, 0.717) is 0 Å². The molecule has 0 saturated carbocycles. The molecular weight excluding hydrogens is 342 g/mol. The Balaban J connectivity index is 3.25. The molecule has 0 amide bonds. The Morgan fingerprint density at radius 3 is 2.56 bits per heavy atom. The molecule has 0 spiro atoms. The van der Waals surface area contributed by atoms with Crippen molar-refractivity contribution in [3.8, 4) is 11.6 Å². The molecule has 1 rings (SSSR count). The minimum absolute atomic E-state index is 0.0198. The van der Waals surface area contributed by atoms with Crippen LogP contribution in [0.3, 0.4) is 0 Å². The number of alkyl halides is 3. The maximum absolute atomic E-state index is 12.0. The van der Waals surface area contributed by atoms with E-state index in [2.05, 4.69) is 9.72 Å². The first kappa shape index (κ1) is 13.0. The fraction of sp³-hybridized carbons (Fsp3) is 0.250. The van der Waals surface area contributed by atoms with Crippen LogP contribution in [-0.4, -0.2) is 24.7 Å². The highest BCUT2D eigenvalue weighted by atomic mass is 127. The van der Waals surface area contributed by atoms with Gasteiger partial charge in [-0.05, 0) is 22.6 Å². The zero-order valence-electron chi connectivity index (χ0n) is 7.84. The topological polar surface area (TPSA) is 48.4 Å². The normalized spacial score (nSPS) is 11.1. The van der Waals surface area contributed by atoms with Gasteiger partial charge < -0.3 is 9.47 Å². The summed E-state index contributed by atoms with van der Waals surface area (Å²) in [6.45, 7) is 0. The number of hydrogen-bond acceptors (Lipinski definition) is 4. The quantitative estimate of drug-likeness (QED) is 0.479. The van der Waals surface area contributed by atoms with Crippen LogP contribution < -0.4 is 9.47 Å². The second-order valence-electron chi connectivity index (χ2n) is 2.53. The summed E-state index contributed by atoms with van der Waals surface area (Å²) in [6.07, 6.45) is -4.71. The molecule has 0 bridgehead atoms. The number of carbonyl (C=O) groups is 1. The Morgan fingerprint density at radius 2 is 2.12 bits per heavy atom. The standard InChI is InChI=1S/C8H5F3INO3/c1-15-5-2-6(12)13-7(4(5)3-14)16-8(9,10)11/h2-3H,1H3. The molecule has 88 valence electrons. The van der Waals surface area contributed by atoms with Gasteiger partial charge in [0.1, 0.15) is 15.0 Å². The SMILES string of the molecule is COc1cc(I)nc(OC(F)(F)F)c1C=O. The third kappa shape index (κ3) is 3.22. The number of pyridine rings is 1. The number of hydrogen-bond donors (Lipinski definition) is 0. The number of aromatic nitrogens is 1. The number of nitrogens with zero attached hydrogens (tertiary/aromatic N) is 1. The Hall–Kier alpha value is -1.06. The molecule has 0 N–H and O–H groups in total. The van der Waals surface area contributed by atoms with Gasteiger partial charge >= 0.3 is 6.36 Å². The van der Waals surface area contributed by atoms with Crippen LogP contribution in [0.5, 0.6) is 11.6 Å². The fourth-order valence-corrected chi connectivity index (χ4v) is 1.45. The number of aldehydes is 1. The number of halogens is 4. The Labute approximate surface area is 102 Å². The second-order valence-corrected chi connectivity index (χ2v) is 3.64. The molecule has 0 fully saturated rings. The van der Waals surface area contributed by atoms with E-state index in [1.165, 1.54) is 13.2 Å². The zero-order valence-corrected chi connectivity index (χ0v) is 10.00. The van der Waals surface area contributed by atoms with Crippen LogP contribution in [0.2, 0.25) is 0 Å². The summed E-state index contributed by atoms with van der Waals surface area (Å²) in [4.78, 5) is 14.1. The van der Waals surface area contributed by atoms with Crippen molar-refractivity contribution in [2.75, 3.05) is 7.11 Å². The minimum atomic E-state index is -4.90. The van der Waals surface area contributed by atoms with Crippen LogP contribution in [0.15, 0.2) is 6.07 Å². The van der Waals surface area contributed by atoms with Gasteiger partial charge in [0.05, 0.1) is 7.11 Å². The van der Waals surface area contributed by atoms with E-state index in [0.717, 1.165) is 0 Å². The first-order valence-electron chi connectivity index (χ1n) is 3.83. The van der Waals surface area contributed by atoms with Gasteiger partial charge in [0.25, 0.3) is 0 Å². The molecule has 1 aromatic heterocycles. The van der Waals surface area contributed by atoms with Crippen LogP contribution in [0, 0.1) is 3.70 Å². The predicted octanol–water partition coefficient (Wildman–Crippen LogP) is 2.41. The third-order valence-electron chi connectivity index (χ3n) is 1.50. The molecule has 16 heavy (non-hydrogen) atoms. The summed E-state index contributed by atoms with van der Waals surface area (Å²) >= 11 is 1.68. The summed E-state index contributed by atoms with van der Waals surface area (Å²) in [5.41, 5.74) is -0.375. The number of ether oxygens (including phenoxy) is 2. The molecular formula is C8H5F3INO3. The molecule has 0 atom stereocenters. The monoisotopic (exact) mass is 347 g/mol. The van der Waals surface area contributed by atoms with E-state index in [9.17, 15) is 18.0 Å². The first-order valence-corrected chi connectivity index (χ1v) is 4.90. The van der Waals surface area contributed by atoms with Crippen LogP contribution in [0.1, 0.15) is 10.4 Å². The number of methoxy groups -OCH3 is 1. The molecule has 0 aliphatic rings. The van der Waals surface area contributed by atoms with Gasteiger partial charge in [-0.15, -0.1) is 13.2 Å². The second kappa shape index (κ2) is 4.85. The summed E-state index contributed by atoms with van der Waals surface area (Å²) in [5.74, 6) is -0.833. The summed E-state index contributed by atoms with van der Waals surface area (Å²) in [6, 6.07) is 1.33. The van der Waals surface area contributed by atoms with E-state index < -0.39 is 12.2 Å². The summed E-state index contributed by atoms with van der Waals surface area (Å²) in [7, 11) is 1.23. The lowest BCUT2D eigenvalue weighted by Gasteiger charge is -2.12. The largest absolute Gasteiger partial charge is 0.574 e. The maximum atomic E-state index is 12.0. The highest BCUT2D eigenvalue weighted by Crippen LogP contribution is 2.30. The molecule has 0 saturated heterocycles. The van der Waals surface area contributed by atoms with Crippen molar-refractivity contribution in [3.05, 3.63) is 15.3 Å². The average Bonchev–Trinajstić information content (AvgIpc) is 2.14. The summed E-state index contributed by atoms with van der Waals surface area (Å²) < 4.78 is 44.6. The maximum Gasteiger partial charge on any atom is 0.574 e. The predicted molar refractivity (Wildman–Crippen MR) is 55.6 cm³/mol. The van der Waals surface area contributed by atoms with Gasteiger partial charge in [-0.1, -0.05) is 0 Å². The van der Waals surface area contributed by atoms with E-state index >= 15 is 0 Å². The number of carbonyl (C=O) groups excluding carboxylic acids is 1. The van der Waals surface area contributed by atoms with Gasteiger partial charge in [-0.3, -0.25) is 4.79 Å². The van der Waals surface area contributed by atoms with Crippen molar-refractivity contribution in [1.29, 1.82) is 0 Å². The fourth-order valence-electron chi connectivity index (χ4n) is 0.946. The van der Waals surface area contributed by atoms with Crippen molar-refractivity contribution in [1.82, 2.24) is 4.98 Å². The first-order chi connectivity index (χ1) is 7.37. The summed E-state index contributed by atoms with van der Waals surface area (Å²) in [5, 5.41) is 0. The van der Waals surface area contributed by atoms with E-state index in [1.54, 1.807) is 22.6 Å². The van der Waals surface area contributed by atoms with Gasteiger partial charge in [-0.25, -0.2) is 4.98 Å². The molecule has 0 aliphatic carbocycles. The Morgan fingerprint density at radius 1 is 1.50 bits per heavy atom. The van der Waals surface area contributed by atoms with Crippen molar-refractivity contribution >= 4 is 28.9 Å². The molecule has 0 aliphatic heterocycles. The molecule has 0 radical (unpaired) electrons. The van der Waals surface area contributed by atoms with Gasteiger partial charge in [-0.2, -0.15) is 0 Å². The van der Waals surface area contributed by atoms with Gasteiger partial charge in [0.2, 0.25) is 5.88 Å². The Kier molecular flexibility index (Phi) is 3.94. The van der Waals surface area contributed by atoms with Crippen LogP contribution in [-0.2, 0) is 0 Å². The lowest BCUT2D eigenvalue weighted by Crippen LogP contribution is -2.19. The molecule has 1 heterocycles. The highest BCUT2D eigenvalue weighted by molar-refractivity contribution is 14.1. The van der Waals surface area contributed by atoms with E-state index in [-0.39, 0.29) is 21.3 Å². The lowest BCUT2D eigenvalue weighted by molar-refractivity contribution is -0.276. The van der Waals surface area contributed by atoms with E-state index in [4.69, 9.17) is 4.74 Å². The minimum Gasteiger partial charge on any atom is -0.496 e. The highest BCUT2D eigenvalue weighted by Gasteiger charge is 2.33. The average molecular weight is 347 g/mol. The van der Waals surface area contributed by atoms with Crippen LogP contribution in [0.25, 0.3) is 0 Å². The van der Waals surface area contributed by atoms with Gasteiger partial charge in [0.15, 0.2) is 6.29 Å². The number of rotatable bonds is 3. The third-order valence-corrected chi connectivity index (χ3v) is 2.06. The molecule has 4 nitrogen and oxygen atoms in total. The van der Waals surface area contributed by atoms with Crippen molar-refractivity contribution in [3.63, 3.8) is 0 Å². The molecule has 8 heteroatoms. The van der Waals surface area contributed by atoms with Crippen LogP contribution >= 0.6 is 22.6 Å². The zero-order chi connectivity index (χ0) is 12.3. The van der Waals surface area contributed by atoms with Gasteiger partial charge in [0, 0.05) is 6.07 Å². The smallest absolute Gasteiger partial charge is 0.496 e. The van der Waals surface area contributed by atoms with Crippen LogP contribution in [0.4, 0.5) is 13.2 Å². The molecule has 0 aromatic carbocycles. The van der Waals surface area contributed by atoms with Crippen molar-refractivity contribution < 1.29 is 27.4 Å². The van der Waals surface area contributed by atoms with Crippen molar-refractivity contribution in [2.24, 2.45) is 0 Å².